The van der Waals surface area contributed by atoms with Gasteiger partial charge < -0.3 is 10.0 Å². The predicted octanol–water partition coefficient (Wildman–Crippen LogP) is 1.68. The summed E-state index contributed by atoms with van der Waals surface area (Å²) < 4.78 is 0. The van der Waals surface area contributed by atoms with Gasteiger partial charge in [0.25, 0.3) is 0 Å². The van der Waals surface area contributed by atoms with Gasteiger partial charge in [-0.1, -0.05) is 20.8 Å². The van der Waals surface area contributed by atoms with Gasteiger partial charge in [0, 0.05) is 13.1 Å². The summed E-state index contributed by atoms with van der Waals surface area (Å²) in [4.78, 5) is 1.99. The standard InChI is InChI=1S/C15H22N4O/c1-4-11-12(8-16)15(18-17-13(11)5-2)19-7-6-10(3)14(20)9-19/h10,14,20H,4-7,9H2,1-3H3. The van der Waals surface area contributed by atoms with Crippen molar-refractivity contribution in [3.8, 4) is 6.07 Å². The van der Waals surface area contributed by atoms with Crippen molar-refractivity contribution in [2.75, 3.05) is 18.0 Å². The zero-order valence-electron chi connectivity index (χ0n) is 12.4. The first-order valence-corrected chi connectivity index (χ1v) is 7.33. The van der Waals surface area contributed by atoms with E-state index in [0.29, 0.717) is 23.8 Å². The van der Waals surface area contributed by atoms with Crippen LogP contribution in [-0.4, -0.2) is 34.5 Å². The maximum Gasteiger partial charge on any atom is 0.169 e. The van der Waals surface area contributed by atoms with Crippen molar-refractivity contribution in [3.05, 3.63) is 16.8 Å². The number of aryl methyl sites for hydroxylation is 1. The Morgan fingerprint density at radius 3 is 2.65 bits per heavy atom. The van der Waals surface area contributed by atoms with Crippen molar-refractivity contribution >= 4 is 5.82 Å². The van der Waals surface area contributed by atoms with Crippen molar-refractivity contribution in [2.24, 2.45) is 5.92 Å². The monoisotopic (exact) mass is 274 g/mol. The number of β-amino-alcohol motifs (C(OH)–C–C–N with tert-alkyl or cyclic N) is 1. The third-order valence-corrected chi connectivity index (χ3v) is 4.16. The van der Waals surface area contributed by atoms with Gasteiger partial charge >= 0.3 is 0 Å². The molecule has 0 aliphatic carbocycles. The Morgan fingerprint density at radius 2 is 2.10 bits per heavy atom. The van der Waals surface area contributed by atoms with E-state index < -0.39 is 0 Å². The van der Waals surface area contributed by atoms with Gasteiger partial charge in [-0.3, -0.25) is 0 Å². The van der Waals surface area contributed by atoms with Gasteiger partial charge in [-0.15, -0.1) is 5.10 Å². The number of anilines is 1. The highest BCUT2D eigenvalue weighted by molar-refractivity contribution is 5.58. The minimum atomic E-state index is -0.368. The largest absolute Gasteiger partial charge is 0.391 e. The molecular weight excluding hydrogens is 252 g/mol. The maximum atomic E-state index is 10.0. The Hall–Kier alpha value is -1.67. The molecule has 0 bridgehead atoms. The lowest BCUT2D eigenvalue weighted by Gasteiger charge is -2.35. The van der Waals surface area contributed by atoms with Crippen molar-refractivity contribution in [1.82, 2.24) is 10.2 Å². The molecule has 0 amide bonds. The molecule has 1 aromatic rings. The van der Waals surface area contributed by atoms with Crippen LogP contribution in [0.4, 0.5) is 5.82 Å². The molecule has 108 valence electrons. The van der Waals surface area contributed by atoms with E-state index in [4.69, 9.17) is 0 Å². The van der Waals surface area contributed by atoms with Crippen molar-refractivity contribution < 1.29 is 5.11 Å². The quantitative estimate of drug-likeness (QED) is 0.908. The fourth-order valence-corrected chi connectivity index (χ4v) is 2.74. The number of piperidine rings is 1. The summed E-state index contributed by atoms with van der Waals surface area (Å²) in [6.45, 7) is 7.45. The average molecular weight is 274 g/mol. The number of rotatable bonds is 3. The van der Waals surface area contributed by atoms with E-state index in [1.54, 1.807) is 0 Å². The van der Waals surface area contributed by atoms with Gasteiger partial charge in [-0.05, 0) is 30.7 Å². The van der Waals surface area contributed by atoms with Gasteiger partial charge in [0.1, 0.15) is 11.6 Å². The highest BCUT2D eigenvalue weighted by Gasteiger charge is 2.28. The van der Waals surface area contributed by atoms with E-state index in [1.807, 2.05) is 18.7 Å². The second-order valence-electron chi connectivity index (χ2n) is 5.42. The number of hydrogen-bond donors (Lipinski definition) is 1. The first-order chi connectivity index (χ1) is 9.62. The smallest absolute Gasteiger partial charge is 0.169 e. The first kappa shape index (κ1) is 14.7. The fraction of sp³-hybridized carbons (Fsp3) is 0.667. The minimum Gasteiger partial charge on any atom is -0.391 e. The zero-order chi connectivity index (χ0) is 14.7. The Balaban J connectivity index is 2.40. The number of aromatic nitrogens is 2. The molecule has 0 radical (unpaired) electrons. The number of nitriles is 1. The molecular formula is C15H22N4O. The van der Waals surface area contributed by atoms with Gasteiger partial charge in [0.2, 0.25) is 0 Å². The molecule has 1 fully saturated rings. The van der Waals surface area contributed by atoms with Crippen LogP contribution in [0.25, 0.3) is 0 Å². The van der Waals surface area contributed by atoms with Crippen LogP contribution in [0, 0.1) is 17.2 Å². The van der Waals surface area contributed by atoms with Crippen LogP contribution in [0.15, 0.2) is 0 Å². The molecule has 5 heteroatoms. The summed E-state index contributed by atoms with van der Waals surface area (Å²) in [5.41, 5.74) is 2.52. The van der Waals surface area contributed by atoms with Gasteiger partial charge in [0.15, 0.2) is 5.82 Å². The number of hydrogen-bond acceptors (Lipinski definition) is 5. The Morgan fingerprint density at radius 1 is 1.35 bits per heavy atom. The van der Waals surface area contributed by atoms with Crippen molar-refractivity contribution in [3.63, 3.8) is 0 Å². The predicted molar refractivity (Wildman–Crippen MR) is 77.5 cm³/mol. The second-order valence-corrected chi connectivity index (χ2v) is 5.42. The Labute approximate surface area is 120 Å². The van der Waals surface area contributed by atoms with Crippen LogP contribution in [0.5, 0.6) is 0 Å². The van der Waals surface area contributed by atoms with Gasteiger partial charge in [-0.2, -0.15) is 10.4 Å². The lowest BCUT2D eigenvalue weighted by Crippen LogP contribution is -2.43. The van der Waals surface area contributed by atoms with E-state index in [-0.39, 0.29) is 6.10 Å². The first-order valence-electron chi connectivity index (χ1n) is 7.33. The summed E-state index contributed by atoms with van der Waals surface area (Å²) in [5.74, 6) is 0.929. The van der Waals surface area contributed by atoms with E-state index in [1.165, 1.54) is 0 Å². The normalized spacial score (nSPS) is 22.6. The van der Waals surface area contributed by atoms with Crippen LogP contribution >= 0.6 is 0 Å². The molecule has 2 rings (SSSR count). The van der Waals surface area contributed by atoms with Gasteiger partial charge in [0.05, 0.1) is 11.8 Å². The molecule has 1 aromatic heterocycles. The van der Waals surface area contributed by atoms with Crippen molar-refractivity contribution in [2.45, 2.75) is 46.1 Å². The molecule has 1 saturated heterocycles. The molecule has 2 unspecified atom stereocenters. The van der Waals surface area contributed by atoms with Crippen LogP contribution in [-0.2, 0) is 12.8 Å². The minimum absolute atomic E-state index is 0.297. The summed E-state index contributed by atoms with van der Waals surface area (Å²) in [6.07, 6.45) is 2.10. The molecule has 1 N–H and O–H groups in total. The molecule has 2 heterocycles. The Bertz CT molecular complexity index is 523. The summed E-state index contributed by atoms with van der Waals surface area (Å²) in [7, 11) is 0. The average Bonchev–Trinajstić information content (AvgIpc) is 2.48. The topological polar surface area (TPSA) is 73.0 Å². The van der Waals surface area contributed by atoms with Gasteiger partial charge in [-0.25, -0.2) is 0 Å². The third-order valence-electron chi connectivity index (χ3n) is 4.16. The second kappa shape index (κ2) is 6.19. The zero-order valence-corrected chi connectivity index (χ0v) is 12.4. The Kier molecular flexibility index (Phi) is 4.56. The molecule has 20 heavy (non-hydrogen) atoms. The molecule has 0 saturated carbocycles. The van der Waals surface area contributed by atoms with E-state index in [2.05, 4.69) is 23.2 Å². The van der Waals surface area contributed by atoms with Crippen LogP contribution in [0.3, 0.4) is 0 Å². The summed E-state index contributed by atoms with van der Waals surface area (Å²) in [6, 6.07) is 2.29. The fourth-order valence-electron chi connectivity index (χ4n) is 2.74. The third kappa shape index (κ3) is 2.61. The maximum absolute atomic E-state index is 10.0. The molecule has 2 atom stereocenters. The van der Waals surface area contributed by atoms with Crippen molar-refractivity contribution in [1.29, 1.82) is 5.26 Å². The molecule has 1 aliphatic heterocycles. The lowest BCUT2D eigenvalue weighted by atomic mass is 9.95. The molecule has 1 aliphatic rings. The van der Waals surface area contributed by atoms with Crippen LogP contribution in [0.1, 0.15) is 44.0 Å². The SMILES string of the molecule is CCc1nnc(N2CCC(C)C(O)C2)c(C#N)c1CC. The highest BCUT2D eigenvalue weighted by atomic mass is 16.3. The summed E-state index contributed by atoms with van der Waals surface area (Å²) in [5, 5.41) is 28.0. The molecule has 0 aromatic carbocycles. The van der Waals surface area contributed by atoms with E-state index >= 15 is 0 Å². The lowest BCUT2D eigenvalue weighted by molar-refractivity contribution is 0.102. The van der Waals surface area contributed by atoms with E-state index in [9.17, 15) is 10.4 Å². The number of aliphatic hydroxyl groups excluding tert-OH is 1. The number of aliphatic hydroxyl groups is 1. The summed E-state index contributed by atoms with van der Waals surface area (Å²) >= 11 is 0. The molecule has 5 nitrogen and oxygen atoms in total. The van der Waals surface area contributed by atoms with Crippen LogP contribution < -0.4 is 4.90 Å². The highest BCUT2D eigenvalue weighted by Crippen LogP contribution is 2.27. The number of nitrogens with zero attached hydrogens (tertiary/aromatic N) is 4. The molecule has 0 spiro atoms. The van der Waals surface area contributed by atoms with Crippen LogP contribution in [0.2, 0.25) is 0 Å². The van der Waals surface area contributed by atoms with E-state index in [0.717, 1.165) is 37.1 Å².